The Bertz CT molecular complexity index is 1100. The predicted octanol–water partition coefficient (Wildman–Crippen LogP) is 5.87. The van der Waals surface area contributed by atoms with Crippen LogP contribution in [0.15, 0.2) is 60.7 Å². The molecule has 160 valence electrons. The Morgan fingerprint density at radius 2 is 1.71 bits per heavy atom. The normalized spacial score (nSPS) is 16.9. The maximum atomic E-state index is 13.8. The van der Waals surface area contributed by atoms with Gasteiger partial charge in [0.15, 0.2) is 5.78 Å². The Kier molecular flexibility index (Phi) is 5.77. The number of piperidine rings is 1. The van der Waals surface area contributed by atoms with Gasteiger partial charge in [-0.15, -0.1) is 0 Å². The highest BCUT2D eigenvalue weighted by Crippen LogP contribution is 2.29. The van der Waals surface area contributed by atoms with Crippen LogP contribution in [0.1, 0.15) is 50.4 Å². The van der Waals surface area contributed by atoms with Crippen LogP contribution in [-0.2, 0) is 4.74 Å². The van der Waals surface area contributed by atoms with Crippen molar-refractivity contribution in [1.29, 1.82) is 0 Å². The van der Waals surface area contributed by atoms with Gasteiger partial charge in [0.2, 0.25) is 0 Å². The van der Waals surface area contributed by atoms with Gasteiger partial charge < -0.3 is 4.74 Å². The fourth-order valence-electron chi connectivity index (χ4n) is 4.06. The molecule has 0 saturated carbocycles. The van der Waals surface area contributed by atoms with Crippen molar-refractivity contribution >= 4 is 22.8 Å². The molecule has 1 amide bonds. The van der Waals surface area contributed by atoms with Crippen LogP contribution in [0.25, 0.3) is 22.2 Å². The summed E-state index contributed by atoms with van der Waals surface area (Å²) in [4.78, 5) is 33.0. The molecule has 3 aromatic rings. The lowest BCUT2D eigenvalue weighted by atomic mass is 9.92. The molecule has 0 bridgehead atoms. The van der Waals surface area contributed by atoms with Gasteiger partial charge in [0.1, 0.15) is 5.60 Å². The van der Waals surface area contributed by atoms with E-state index in [0.29, 0.717) is 18.5 Å². The minimum Gasteiger partial charge on any atom is -0.444 e. The van der Waals surface area contributed by atoms with E-state index in [-0.39, 0.29) is 5.78 Å². The van der Waals surface area contributed by atoms with Crippen molar-refractivity contribution in [1.82, 2.24) is 9.88 Å². The minimum atomic E-state index is -0.605. The highest BCUT2D eigenvalue weighted by molar-refractivity contribution is 6.11. The number of benzene rings is 2. The fourth-order valence-corrected chi connectivity index (χ4v) is 4.06. The molecule has 1 saturated heterocycles. The number of para-hydroxylation sites is 1. The molecule has 2 aromatic carbocycles. The molecule has 31 heavy (non-hydrogen) atoms. The maximum Gasteiger partial charge on any atom is 0.410 e. The second kappa shape index (κ2) is 8.50. The van der Waals surface area contributed by atoms with E-state index in [1.807, 2.05) is 81.4 Å². The molecule has 0 aliphatic carbocycles. The molecule has 0 N–H and O–H groups in total. The second-order valence-electron chi connectivity index (χ2n) is 8.99. The quantitative estimate of drug-likeness (QED) is 0.501. The molecule has 2 heterocycles. The number of ether oxygens (including phenoxy) is 1. The van der Waals surface area contributed by atoms with Crippen LogP contribution in [0.2, 0.25) is 0 Å². The number of hydrogen-bond donors (Lipinski definition) is 0. The molecule has 5 heteroatoms. The third kappa shape index (κ3) is 4.61. The van der Waals surface area contributed by atoms with E-state index < -0.39 is 17.7 Å². The van der Waals surface area contributed by atoms with Crippen molar-refractivity contribution in [3.63, 3.8) is 0 Å². The number of nitrogens with zero attached hydrogens (tertiary/aromatic N) is 2. The summed E-state index contributed by atoms with van der Waals surface area (Å²) in [5, 5.41) is 0.807. The smallest absolute Gasteiger partial charge is 0.410 e. The summed E-state index contributed by atoms with van der Waals surface area (Å²) in [6.45, 7) is 6.05. The second-order valence-corrected chi connectivity index (χ2v) is 8.99. The van der Waals surface area contributed by atoms with Crippen LogP contribution >= 0.6 is 0 Å². The topological polar surface area (TPSA) is 59.5 Å². The maximum absolute atomic E-state index is 13.8. The molecule has 5 nitrogen and oxygen atoms in total. The van der Waals surface area contributed by atoms with Gasteiger partial charge >= 0.3 is 6.09 Å². The van der Waals surface area contributed by atoms with E-state index in [1.54, 1.807) is 4.90 Å². The Balaban J connectivity index is 1.76. The molecule has 1 fully saturated rings. The Hall–Kier alpha value is -3.21. The molecule has 1 unspecified atom stereocenters. The van der Waals surface area contributed by atoms with E-state index in [1.165, 1.54) is 0 Å². The molecular weight excluding hydrogens is 388 g/mol. The first-order valence-electron chi connectivity index (χ1n) is 10.8. The van der Waals surface area contributed by atoms with E-state index in [4.69, 9.17) is 9.72 Å². The first-order valence-corrected chi connectivity index (χ1v) is 10.8. The number of pyridine rings is 1. The van der Waals surface area contributed by atoms with Crippen LogP contribution in [0.5, 0.6) is 0 Å². The number of rotatable bonds is 3. The van der Waals surface area contributed by atoms with Crippen LogP contribution < -0.4 is 0 Å². The third-order valence-electron chi connectivity index (χ3n) is 5.48. The van der Waals surface area contributed by atoms with Crippen LogP contribution in [0, 0.1) is 0 Å². The van der Waals surface area contributed by atoms with Gasteiger partial charge in [0.05, 0.1) is 17.3 Å². The van der Waals surface area contributed by atoms with E-state index >= 15 is 0 Å². The lowest BCUT2D eigenvalue weighted by Crippen LogP contribution is -2.49. The molecule has 0 spiro atoms. The summed E-state index contributed by atoms with van der Waals surface area (Å²) in [5.41, 5.74) is 2.47. The molecule has 1 aliphatic heterocycles. The number of ketones is 1. The van der Waals surface area contributed by atoms with Crippen molar-refractivity contribution in [2.24, 2.45) is 0 Å². The van der Waals surface area contributed by atoms with Gasteiger partial charge in [0, 0.05) is 23.1 Å². The standard InChI is InChI=1S/C26H28N2O3/c1-26(2,3)31-25(30)28-16-10-9-15-23(28)24(29)20-17-22(18-11-5-4-6-12-18)27-21-14-8-7-13-19(20)21/h4-8,11-14,17,23H,9-10,15-16H2,1-3H3. The van der Waals surface area contributed by atoms with E-state index in [0.717, 1.165) is 35.0 Å². The Morgan fingerprint density at radius 3 is 2.45 bits per heavy atom. The molecule has 0 radical (unpaired) electrons. The van der Waals surface area contributed by atoms with Crippen molar-refractivity contribution in [3.8, 4) is 11.3 Å². The van der Waals surface area contributed by atoms with E-state index in [9.17, 15) is 9.59 Å². The first kappa shape index (κ1) is 21.0. The van der Waals surface area contributed by atoms with Crippen molar-refractivity contribution < 1.29 is 14.3 Å². The third-order valence-corrected chi connectivity index (χ3v) is 5.48. The Labute approximate surface area is 183 Å². The average molecular weight is 417 g/mol. The van der Waals surface area contributed by atoms with Gasteiger partial charge in [0.25, 0.3) is 0 Å². The summed E-state index contributed by atoms with van der Waals surface area (Å²) in [6.07, 6.45) is 1.99. The highest BCUT2D eigenvalue weighted by Gasteiger charge is 2.36. The number of Topliss-reactive ketones (excluding diaryl/α,β-unsaturated/α-hetero) is 1. The number of aromatic nitrogens is 1. The minimum absolute atomic E-state index is 0.0543. The van der Waals surface area contributed by atoms with Crippen molar-refractivity contribution in [3.05, 3.63) is 66.2 Å². The van der Waals surface area contributed by atoms with Crippen LogP contribution in [0.3, 0.4) is 0 Å². The van der Waals surface area contributed by atoms with Gasteiger partial charge in [-0.3, -0.25) is 9.69 Å². The molecule has 1 atom stereocenters. The average Bonchev–Trinajstić information content (AvgIpc) is 2.77. The molecule has 1 aromatic heterocycles. The molecular formula is C26H28N2O3. The predicted molar refractivity (Wildman–Crippen MR) is 122 cm³/mol. The zero-order valence-corrected chi connectivity index (χ0v) is 18.3. The van der Waals surface area contributed by atoms with Crippen molar-refractivity contribution in [2.75, 3.05) is 6.54 Å². The number of fused-ring (bicyclic) bond motifs is 1. The summed E-state index contributed by atoms with van der Waals surface area (Å²) < 4.78 is 5.60. The van der Waals surface area contributed by atoms with Crippen molar-refractivity contribution in [2.45, 2.75) is 51.7 Å². The molecule has 1 aliphatic rings. The lowest BCUT2D eigenvalue weighted by Gasteiger charge is -2.36. The molecule has 4 rings (SSSR count). The summed E-state index contributed by atoms with van der Waals surface area (Å²) in [5.74, 6) is -0.0543. The van der Waals surface area contributed by atoms with E-state index in [2.05, 4.69) is 0 Å². The zero-order chi connectivity index (χ0) is 22.0. The number of carbonyl (C=O) groups excluding carboxylic acids is 2. The number of likely N-dealkylation sites (tertiary alicyclic amines) is 1. The number of carbonyl (C=O) groups is 2. The van der Waals surface area contributed by atoms with Gasteiger partial charge in [-0.25, -0.2) is 9.78 Å². The number of hydrogen-bond acceptors (Lipinski definition) is 4. The highest BCUT2D eigenvalue weighted by atomic mass is 16.6. The van der Waals surface area contributed by atoms with Crippen LogP contribution in [-0.4, -0.2) is 39.9 Å². The summed E-state index contributed by atoms with van der Waals surface area (Å²) >= 11 is 0. The summed E-state index contributed by atoms with van der Waals surface area (Å²) in [7, 11) is 0. The SMILES string of the molecule is CC(C)(C)OC(=O)N1CCCCC1C(=O)c1cc(-c2ccccc2)nc2ccccc12. The number of amides is 1. The van der Waals surface area contributed by atoms with Gasteiger partial charge in [-0.05, 0) is 52.2 Å². The Morgan fingerprint density at radius 1 is 1.00 bits per heavy atom. The zero-order valence-electron chi connectivity index (χ0n) is 18.3. The largest absolute Gasteiger partial charge is 0.444 e. The first-order chi connectivity index (χ1) is 14.8. The lowest BCUT2D eigenvalue weighted by molar-refractivity contribution is 0.0105. The monoisotopic (exact) mass is 416 g/mol. The summed E-state index contributed by atoms with van der Waals surface area (Å²) in [6, 6.07) is 18.9. The van der Waals surface area contributed by atoms with Crippen LogP contribution in [0.4, 0.5) is 4.79 Å². The fraction of sp³-hybridized carbons (Fsp3) is 0.346. The van der Waals surface area contributed by atoms with Gasteiger partial charge in [-0.1, -0.05) is 48.5 Å². The van der Waals surface area contributed by atoms with Gasteiger partial charge in [-0.2, -0.15) is 0 Å².